The highest BCUT2D eigenvalue weighted by atomic mass is 16.6. The highest BCUT2D eigenvalue weighted by Crippen LogP contribution is 2.33. The first-order valence-corrected chi connectivity index (χ1v) is 9.52. The van der Waals surface area contributed by atoms with E-state index in [0.717, 1.165) is 12.8 Å². The molecule has 0 unspecified atom stereocenters. The number of ether oxygens (including phenoxy) is 1. The van der Waals surface area contributed by atoms with Gasteiger partial charge in [-0.1, -0.05) is 77.2 Å². The van der Waals surface area contributed by atoms with Gasteiger partial charge in [-0.05, 0) is 18.9 Å². The largest absolute Gasteiger partial charge is 0.501 e. The van der Waals surface area contributed by atoms with Gasteiger partial charge >= 0.3 is 5.97 Å². The van der Waals surface area contributed by atoms with Crippen molar-refractivity contribution in [1.29, 1.82) is 0 Å². The highest BCUT2D eigenvalue weighted by Gasteiger charge is 2.31. The monoisotopic (exact) mass is 352 g/mol. The summed E-state index contributed by atoms with van der Waals surface area (Å²) in [4.78, 5) is 10.5. The van der Waals surface area contributed by atoms with Crippen molar-refractivity contribution in [3.05, 3.63) is 35.2 Å². The average molecular weight is 352 g/mol. The average Bonchev–Trinajstić information content (AvgIpc) is 3.37. The topological polar surface area (TPSA) is 90.3 Å². The van der Waals surface area contributed by atoms with Gasteiger partial charge in [0.25, 0.3) is 0 Å². The first-order valence-electron chi connectivity index (χ1n) is 9.52. The van der Waals surface area contributed by atoms with Gasteiger partial charge in [0.15, 0.2) is 5.76 Å². The molecule has 0 radical (unpaired) electrons. The second-order valence-corrected chi connectivity index (χ2v) is 6.52. The number of carbonyl (C=O) groups is 1. The summed E-state index contributed by atoms with van der Waals surface area (Å²) in [5.41, 5.74) is 0. The molecule has 1 rings (SSSR count). The summed E-state index contributed by atoms with van der Waals surface area (Å²) >= 11 is 0. The number of hydrogen-bond acceptors (Lipinski definition) is 4. The number of hydrogen-bond donors (Lipinski definition) is 3. The van der Waals surface area contributed by atoms with Crippen LogP contribution in [0, 0.1) is 0 Å². The molecule has 0 spiro atoms. The molecular formula is C20H32O5. The van der Waals surface area contributed by atoms with E-state index in [0.29, 0.717) is 5.76 Å². The molecule has 3 N–H and O–H groups in total. The maximum absolute atomic E-state index is 10.5. The van der Waals surface area contributed by atoms with E-state index < -0.39 is 17.5 Å². The van der Waals surface area contributed by atoms with Crippen LogP contribution >= 0.6 is 0 Å². The van der Waals surface area contributed by atoms with Crippen LogP contribution in [-0.2, 0) is 9.53 Å². The maximum atomic E-state index is 10.5. The minimum Gasteiger partial charge on any atom is -0.501 e. The van der Waals surface area contributed by atoms with Gasteiger partial charge in [0.05, 0.1) is 0 Å². The van der Waals surface area contributed by atoms with Crippen molar-refractivity contribution in [2.75, 3.05) is 0 Å². The number of allylic oxidation sites excluding steroid dienone is 2. The summed E-state index contributed by atoms with van der Waals surface area (Å²) in [5, 5.41) is 27.1. The number of aliphatic hydroxyl groups is 2. The Hall–Kier alpha value is -1.91. The minimum absolute atomic E-state index is 0.0371. The number of carboxylic acids is 1. The van der Waals surface area contributed by atoms with E-state index in [9.17, 15) is 9.90 Å². The Bertz CT molecular complexity index is 502. The Kier molecular flexibility index (Phi) is 10.5. The fraction of sp³-hybridized carbons (Fsp3) is 0.650. The van der Waals surface area contributed by atoms with E-state index in [1.165, 1.54) is 64.2 Å². The molecule has 0 aromatic carbocycles. The lowest BCUT2D eigenvalue weighted by atomic mass is 10.1. The molecule has 25 heavy (non-hydrogen) atoms. The van der Waals surface area contributed by atoms with Crippen LogP contribution in [0.3, 0.4) is 0 Å². The van der Waals surface area contributed by atoms with E-state index in [1.54, 1.807) is 6.08 Å². The third kappa shape index (κ3) is 9.22. The van der Waals surface area contributed by atoms with Gasteiger partial charge in [-0.2, -0.15) is 0 Å². The molecule has 0 fully saturated rings. The summed E-state index contributed by atoms with van der Waals surface area (Å²) in [5.74, 6) is -2.95. The molecule has 1 heterocycles. The van der Waals surface area contributed by atoms with Crippen molar-refractivity contribution in [1.82, 2.24) is 0 Å². The molecule has 0 saturated heterocycles. The van der Waals surface area contributed by atoms with Gasteiger partial charge < -0.3 is 20.1 Å². The van der Waals surface area contributed by atoms with Crippen molar-refractivity contribution in [2.45, 2.75) is 84.0 Å². The van der Waals surface area contributed by atoms with Gasteiger partial charge in [-0.3, -0.25) is 0 Å². The predicted molar refractivity (Wildman–Crippen MR) is 98.2 cm³/mol. The number of unbranched alkanes of at least 4 members (excludes halogenated alkanes) is 11. The fourth-order valence-electron chi connectivity index (χ4n) is 2.68. The normalized spacial score (nSPS) is 14.6. The van der Waals surface area contributed by atoms with Crippen LogP contribution in [-0.4, -0.2) is 21.3 Å². The number of aliphatic hydroxyl groups excluding tert-OH is 2. The van der Waals surface area contributed by atoms with E-state index in [2.05, 4.69) is 6.92 Å². The van der Waals surface area contributed by atoms with Crippen molar-refractivity contribution in [2.24, 2.45) is 0 Å². The molecule has 0 atom stereocenters. The second-order valence-electron chi connectivity index (χ2n) is 6.52. The Labute approximate surface area is 150 Å². The molecule has 0 aromatic heterocycles. The second kappa shape index (κ2) is 12.5. The highest BCUT2D eigenvalue weighted by molar-refractivity contribution is 5.85. The number of aliphatic carboxylic acids is 1. The Balaban J connectivity index is 2.00. The van der Waals surface area contributed by atoms with Crippen molar-refractivity contribution < 1.29 is 24.9 Å². The minimum atomic E-state index is -1.58. The van der Waals surface area contributed by atoms with Crippen molar-refractivity contribution in [3.63, 3.8) is 0 Å². The predicted octanol–water partition coefficient (Wildman–Crippen LogP) is 5.90. The zero-order valence-corrected chi connectivity index (χ0v) is 15.3. The molecule has 0 aromatic rings. The Morgan fingerprint density at radius 1 is 0.880 bits per heavy atom. The summed E-state index contributed by atoms with van der Waals surface area (Å²) in [6, 6.07) is 0. The Morgan fingerprint density at radius 2 is 1.40 bits per heavy atom. The molecule has 0 amide bonds. The summed E-state index contributed by atoms with van der Waals surface area (Å²) in [6.07, 6.45) is 19.0. The molecule has 0 bridgehead atoms. The molecule has 1 aliphatic rings. The molecule has 0 aliphatic carbocycles. The summed E-state index contributed by atoms with van der Waals surface area (Å²) in [6.45, 7) is 2.24. The van der Waals surface area contributed by atoms with Crippen LogP contribution in [0.15, 0.2) is 35.2 Å². The van der Waals surface area contributed by atoms with E-state index in [4.69, 9.17) is 14.9 Å². The van der Waals surface area contributed by atoms with Gasteiger partial charge in [-0.25, -0.2) is 4.79 Å². The van der Waals surface area contributed by atoms with Gasteiger partial charge in [0.2, 0.25) is 17.3 Å². The first kappa shape index (κ1) is 21.1. The number of rotatable bonds is 15. The van der Waals surface area contributed by atoms with Gasteiger partial charge in [0.1, 0.15) is 0 Å². The van der Waals surface area contributed by atoms with Crippen LogP contribution in [0.1, 0.15) is 84.0 Å². The smallest absolute Gasteiger partial charge is 0.375 e. The third-order valence-corrected chi connectivity index (χ3v) is 4.28. The van der Waals surface area contributed by atoms with E-state index >= 15 is 0 Å². The van der Waals surface area contributed by atoms with E-state index in [1.807, 2.05) is 6.08 Å². The van der Waals surface area contributed by atoms with E-state index in [-0.39, 0.29) is 5.76 Å². The third-order valence-electron chi connectivity index (χ3n) is 4.28. The van der Waals surface area contributed by atoms with Gasteiger partial charge in [0, 0.05) is 0 Å². The van der Waals surface area contributed by atoms with Crippen LogP contribution in [0.5, 0.6) is 0 Å². The van der Waals surface area contributed by atoms with Crippen LogP contribution in [0.4, 0.5) is 0 Å². The standard InChI is InChI=1S/C20H32O5/c1-2-3-4-5-6-7-8-9-10-11-12-13-14-15-16-19(25-16)17(21)18(22)20(23)24/h14-15,21-22H,2-13H2,1H3,(H,23,24). The zero-order valence-electron chi connectivity index (χ0n) is 15.3. The molecule has 5 heteroatoms. The van der Waals surface area contributed by atoms with Crippen molar-refractivity contribution in [3.8, 4) is 0 Å². The van der Waals surface area contributed by atoms with Crippen molar-refractivity contribution >= 4 is 5.97 Å². The summed E-state index contributed by atoms with van der Waals surface area (Å²) < 4.78 is 4.97. The van der Waals surface area contributed by atoms with Crippen LogP contribution in [0.25, 0.3) is 0 Å². The van der Waals surface area contributed by atoms with Crippen LogP contribution < -0.4 is 0 Å². The van der Waals surface area contributed by atoms with Gasteiger partial charge in [-0.15, -0.1) is 0 Å². The molecule has 5 nitrogen and oxygen atoms in total. The van der Waals surface area contributed by atoms with Crippen LogP contribution in [0.2, 0.25) is 0 Å². The molecular weight excluding hydrogens is 320 g/mol. The SMILES string of the molecule is CCCCCCCCCCCCCC=CC1=C(C(O)=C(O)C(=O)O)O1. The quantitative estimate of drug-likeness (QED) is 0.194. The molecule has 0 saturated carbocycles. The zero-order chi connectivity index (χ0) is 18.5. The molecule has 1 aliphatic heterocycles. The fourth-order valence-corrected chi connectivity index (χ4v) is 2.68. The maximum Gasteiger partial charge on any atom is 0.375 e. The number of carboxylic acid groups (broad SMARTS) is 1. The lowest BCUT2D eigenvalue weighted by Crippen LogP contribution is -2.03. The first-order chi connectivity index (χ1) is 12.1. The summed E-state index contributed by atoms with van der Waals surface area (Å²) in [7, 11) is 0. The Morgan fingerprint density at radius 3 is 1.92 bits per heavy atom. The lowest BCUT2D eigenvalue weighted by molar-refractivity contribution is -0.135. The molecule has 142 valence electrons. The lowest BCUT2D eigenvalue weighted by Gasteiger charge is -2.01.